The molecule has 5 nitrogen and oxygen atoms in total. The first-order valence-corrected chi connectivity index (χ1v) is 8.54. The van der Waals surface area contributed by atoms with Crippen molar-refractivity contribution < 1.29 is 13.7 Å². The maximum Gasteiger partial charge on any atom is 0.232 e. The molecule has 1 N–H and O–H groups in total. The number of nitrogens with one attached hydrogen (secondary N) is 1. The van der Waals surface area contributed by atoms with Crippen LogP contribution in [-0.2, 0) is 16.6 Å². The summed E-state index contributed by atoms with van der Waals surface area (Å²) >= 11 is 0. The molecule has 0 fully saturated rings. The maximum atomic E-state index is 13.1. The number of aromatic nitrogens is 2. The number of hydrogen-bond acceptors (Lipinski definition) is 4. The molecule has 0 bridgehead atoms. The first-order valence-electron chi connectivity index (χ1n) is 8.54. The highest BCUT2D eigenvalue weighted by Gasteiger charge is 2.24. The quantitative estimate of drug-likeness (QED) is 0.867. The highest BCUT2D eigenvalue weighted by molar-refractivity contribution is 5.83. The minimum absolute atomic E-state index is 0.0823. The van der Waals surface area contributed by atoms with Gasteiger partial charge in [-0.3, -0.25) is 4.79 Å². The molecule has 136 valence electrons. The molecule has 0 radical (unpaired) electrons. The lowest BCUT2D eigenvalue weighted by molar-refractivity contribution is -0.123. The third-order valence-corrected chi connectivity index (χ3v) is 3.94. The van der Waals surface area contributed by atoms with Crippen molar-refractivity contribution >= 4 is 5.91 Å². The van der Waals surface area contributed by atoms with Crippen LogP contribution in [0.25, 0.3) is 0 Å². The van der Waals surface area contributed by atoms with Crippen molar-refractivity contribution in [2.24, 2.45) is 5.92 Å². The Morgan fingerprint density at radius 2 is 1.88 bits per heavy atom. The van der Waals surface area contributed by atoms with Crippen LogP contribution in [0.2, 0.25) is 0 Å². The van der Waals surface area contributed by atoms with Gasteiger partial charge in [0.05, 0.1) is 5.92 Å². The van der Waals surface area contributed by atoms with Crippen molar-refractivity contribution in [2.75, 3.05) is 6.54 Å². The molecule has 0 aliphatic carbocycles. The molecule has 1 unspecified atom stereocenters. The van der Waals surface area contributed by atoms with Gasteiger partial charge in [-0.05, 0) is 23.6 Å². The average Bonchev–Trinajstić information content (AvgIpc) is 2.98. The molecule has 0 saturated carbocycles. The van der Waals surface area contributed by atoms with E-state index in [1.807, 2.05) is 34.6 Å². The van der Waals surface area contributed by atoms with E-state index in [0.717, 1.165) is 5.56 Å². The van der Waals surface area contributed by atoms with Crippen molar-refractivity contribution in [3.05, 3.63) is 47.4 Å². The second kappa shape index (κ2) is 7.76. The van der Waals surface area contributed by atoms with Crippen LogP contribution in [0.3, 0.4) is 0 Å². The molecule has 1 heterocycles. The van der Waals surface area contributed by atoms with Gasteiger partial charge in [-0.15, -0.1) is 0 Å². The Labute approximate surface area is 148 Å². The van der Waals surface area contributed by atoms with Gasteiger partial charge in [0.1, 0.15) is 5.82 Å². The summed E-state index contributed by atoms with van der Waals surface area (Å²) in [4.78, 5) is 16.9. The van der Waals surface area contributed by atoms with Crippen LogP contribution in [0, 0.1) is 11.7 Å². The van der Waals surface area contributed by atoms with E-state index >= 15 is 0 Å². The Kier molecular flexibility index (Phi) is 5.93. The van der Waals surface area contributed by atoms with E-state index in [-0.39, 0.29) is 29.0 Å². The van der Waals surface area contributed by atoms with E-state index in [1.165, 1.54) is 12.1 Å². The molecule has 0 aliphatic rings. The Bertz CT molecular complexity index is 702. The van der Waals surface area contributed by atoms with Crippen LogP contribution < -0.4 is 5.32 Å². The molecule has 0 aliphatic heterocycles. The average molecular weight is 347 g/mol. The lowest BCUT2D eigenvalue weighted by Crippen LogP contribution is -2.33. The van der Waals surface area contributed by atoms with Crippen LogP contribution in [0.5, 0.6) is 0 Å². The van der Waals surface area contributed by atoms with E-state index in [9.17, 15) is 9.18 Å². The summed E-state index contributed by atoms with van der Waals surface area (Å²) in [7, 11) is 0. The summed E-state index contributed by atoms with van der Waals surface area (Å²) in [5.41, 5.74) is 0.614. The Morgan fingerprint density at radius 1 is 1.24 bits per heavy atom. The largest absolute Gasteiger partial charge is 0.355 e. The van der Waals surface area contributed by atoms with Crippen molar-refractivity contribution in [2.45, 2.75) is 52.4 Å². The molecule has 6 heteroatoms. The third kappa shape index (κ3) is 5.11. The van der Waals surface area contributed by atoms with Gasteiger partial charge in [-0.1, -0.05) is 51.9 Å². The van der Waals surface area contributed by atoms with Crippen molar-refractivity contribution in [1.82, 2.24) is 15.5 Å². The van der Waals surface area contributed by atoms with Crippen LogP contribution >= 0.6 is 0 Å². The van der Waals surface area contributed by atoms with Crippen LogP contribution in [0.4, 0.5) is 4.39 Å². The zero-order valence-electron chi connectivity index (χ0n) is 15.5. The minimum atomic E-state index is -0.323. The highest BCUT2D eigenvalue weighted by Crippen LogP contribution is 2.25. The van der Waals surface area contributed by atoms with Gasteiger partial charge in [0, 0.05) is 18.4 Å². The van der Waals surface area contributed by atoms with Crippen molar-refractivity contribution in [3.8, 4) is 0 Å². The summed E-state index contributed by atoms with van der Waals surface area (Å²) in [5, 5.41) is 6.87. The van der Waals surface area contributed by atoms with Crippen LogP contribution in [0.15, 0.2) is 28.8 Å². The van der Waals surface area contributed by atoms with Crippen LogP contribution in [0.1, 0.15) is 57.8 Å². The molecule has 1 amide bonds. The van der Waals surface area contributed by atoms with E-state index < -0.39 is 0 Å². The summed E-state index contributed by atoms with van der Waals surface area (Å²) in [6.45, 7) is 10.4. The summed E-state index contributed by atoms with van der Waals surface area (Å²) in [5.74, 6) is 0.548. The van der Waals surface area contributed by atoms with Gasteiger partial charge in [0.25, 0.3) is 0 Å². The number of rotatable bonds is 6. The third-order valence-electron chi connectivity index (χ3n) is 3.94. The number of amides is 1. The SMILES string of the molecule is CC(C)C(C(=O)NCCc1noc(C(C)(C)C)n1)c1ccc(F)cc1. The van der Waals surface area contributed by atoms with Gasteiger partial charge >= 0.3 is 0 Å². The molecule has 1 aromatic carbocycles. The predicted octanol–water partition coefficient (Wildman–Crippen LogP) is 3.60. The first-order chi connectivity index (χ1) is 11.7. The molecule has 1 aromatic heterocycles. The Balaban J connectivity index is 1.95. The van der Waals surface area contributed by atoms with Gasteiger partial charge in [0.2, 0.25) is 11.8 Å². The molecule has 2 aromatic rings. The lowest BCUT2D eigenvalue weighted by atomic mass is 9.87. The van der Waals surface area contributed by atoms with E-state index in [4.69, 9.17) is 4.52 Å². The maximum absolute atomic E-state index is 13.1. The number of halogens is 1. The minimum Gasteiger partial charge on any atom is -0.355 e. The molecule has 1 atom stereocenters. The Morgan fingerprint density at radius 3 is 2.40 bits per heavy atom. The summed E-state index contributed by atoms with van der Waals surface area (Å²) in [6, 6.07) is 6.08. The van der Waals surface area contributed by atoms with E-state index in [0.29, 0.717) is 24.7 Å². The number of hydrogen-bond donors (Lipinski definition) is 1. The zero-order chi connectivity index (χ0) is 18.6. The second-order valence-corrected chi connectivity index (χ2v) is 7.58. The smallest absolute Gasteiger partial charge is 0.232 e. The van der Waals surface area contributed by atoms with Gasteiger partial charge in [-0.25, -0.2) is 4.39 Å². The first kappa shape index (κ1) is 19.1. The molecule has 0 saturated heterocycles. The van der Waals surface area contributed by atoms with Gasteiger partial charge in [-0.2, -0.15) is 4.98 Å². The molecule has 0 spiro atoms. The molecular formula is C19H26FN3O2. The highest BCUT2D eigenvalue weighted by atomic mass is 19.1. The fraction of sp³-hybridized carbons (Fsp3) is 0.526. The number of carbonyl (C=O) groups is 1. The van der Waals surface area contributed by atoms with Crippen molar-refractivity contribution in [3.63, 3.8) is 0 Å². The van der Waals surface area contributed by atoms with Gasteiger partial charge < -0.3 is 9.84 Å². The van der Waals surface area contributed by atoms with E-state index in [2.05, 4.69) is 15.5 Å². The zero-order valence-corrected chi connectivity index (χ0v) is 15.5. The van der Waals surface area contributed by atoms with Crippen LogP contribution in [-0.4, -0.2) is 22.6 Å². The Hall–Kier alpha value is -2.24. The molecule has 2 rings (SSSR count). The topological polar surface area (TPSA) is 68.0 Å². The van der Waals surface area contributed by atoms with Gasteiger partial charge in [0.15, 0.2) is 5.82 Å². The number of nitrogens with zero attached hydrogens (tertiary/aromatic N) is 2. The second-order valence-electron chi connectivity index (χ2n) is 7.58. The fourth-order valence-electron chi connectivity index (χ4n) is 2.58. The predicted molar refractivity (Wildman–Crippen MR) is 93.7 cm³/mol. The standard InChI is InChI=1S/C19H26FN3O2/c1-12(2)16(13-6-8-14(20)9-7-13)17(24)21-11-10-15-22-18(25-23-15)19(3,4)5/h6-9,12,16H,10-11H2,1-5H3,(H,21,24). The number of benzene rings is 1. The molecular weight excluding hydrogens is 321 g/mol. The fourth-order valence-corrected chi connectivity index (χ4v) is 2.58. The van der Waals surface area contributed by atoms with Crippen molar-refractivity contribution in [1.29, 1.82) is 0 Å². The van der Waals surface area contributed by atoms with E-state index in [1.54, 1.807) is 12.1 Å². The monoisotopic (exact) mass is 347 g/mol. The summed E-state index contributed by atoms with van der Waals surface area (Å²) in [6.07, 6.45) is 0.500. The summed E-state index contributed by atoms with van der Waals surface area (Å²) < 4.78 is 18.3. The molecule has 25 heavy (non-hydrogen) atoms. The number of carbonyl (C=O) groups excluding carboxylic acids is 1. The lowest BCUT2D eigenvalue weighted by Gasteiger charge is -2.20. The normalized spacial score (nSPS) is 13.1.